The first kappa shape index (κ1) is 12.1. The van der Waals surface area contributed by atoms with Gasteiger partial charge in [0.2, 0.25) is 0 Å². The number of halogens is 2. The van der Waals surface area contributed by atoms with Crippen LogP contribution in [0.3, 0.4) is 0 Å². The summed E-state index contributed by atoms with van der Waals surface area (Å²) in [5.74, 6) is -0.244. The van der Waals surface area contributed by atoms with Gasteiger partial charge in [-0.05, 0) is 12.5 Å². The lowest BCUT2D eigenvalue weighted by atomic mass is 10.0. The van der Waals surface area contributed by atoms with Crippen LogP contribution in [0.4, 0.5) is 4.39 Å². The molecule has 1 atom stereocenters. The van der Waals surface area contributed by atoms with Gasteiger partial charge in [0, 0.05) is 11.6 Å². The fourth-order valence-corrected chi connectivity index (χ4v) is 1.08. The molecule has 0 aliphatic rings. The van der Waals surface area contributed by atoms with Gasteiger partial charge in [-0.2, -0.15) is 0 Å². The second-order valence-corrected chi connectivity index (χ2v) is 2.65. The van der Waals surface area contributed by atoms with E-state index in [0.717, 1.165) is 0 Å². The predicted molar refractivity (Wildman–Crippen MR) is 55.4 cm³/mol. The summed E-state index contributed by atoms with van der Waals surface area (Å²) in [6.07, 6.45) is 2.29. The summed E-state index contributed by atoms with van der Waals surface area (Å²) in [6, 6.07) is 6.27. The van der Waals surface area contributed by atoms with E-state index in [1.807, 2.05) is 0 Å². The monoisotopic (exact) mass is 201 g/mol. The summed E-state index contributed by atoms with van der Waals surface area (Å²) in [7, 11) is 0. The normalized spacial score (nSPS) is 11.5. The van der Waals surface area contributed by atoms with E-state index >= 15 is 0 Å². The van der Waals surface area contributed by atoms with Crippen molar-refractivity contribution in [2.75, 3.05) is 0 Å². The van der Waals surface area contributed by atoms with E-state index in [1.54, 1.807) is 24.3 Å². The van der Waals surface area contributed by atoms with Crippen LogP contribution in [0, 0.1) is 5.82 Å². The van der Waals surface area contributed by atoms with Crippen LogP contribution in [0.1, 0.15) is 18.0 Å². The van der Waals surface area contributed by atoms with Gasteiger partial charge in [0.1, 0.15) is 5.82 Å². The lowest BCUT2D eigenvalue weighted by molar-refractivity contribution is 0.583. The van der Waals surface area contributed by atoms with E-state index in [9.17, 15) is 4.39 Å². The Morgan fingerprint density at radius 1 is 1.46 bits per heavy atom. The van der Waals surface area contributed by atoms with Gasteiger partial charge in [-0.3, -0.25) is 0 Å². The molecule has 1 nitrogen and oxygen atoms in total. The fourth-order valence-electron chi connectivity index (χ4n) is 1.08. The number of rotatable bonds is 3. The Balaban J connectivity index is 0.00000144. The number of hydrogen-bond acceptors (Lipinski definition) is 1. The summed E-state index contributed by atoms with van der Waals surface area (Å²) in [4.78, 5) is 0. The van der Waals surface area contributed by atoms with Crippen LogP contribution >= 0.6 is 12.4 Å². The van der Waals surface area contributed by atoms with Crippen molar-refractivity contribution < 1.29 is 4.39 Å². The summed E-state index contributed by atoms with van der Waals surface area (Å²) in [6.45, 7) is 3.55. The van der Waals surface area contributed by atoms with Crippen molar-refractivity contribution in [3.8, 4) is 0 Å². The molecule has 0 unspecified atom stereocenters. The molecule has 2 N–H and O–H groups in total. The minimum absolute atomic E-state index is 0. The Morgan fingerprint density at radius 3 is 2.62 bits per heavy atom. The highest BCUT2D eigenvalue weighted by Crippen LogP contribution is 2.17. The van der Waals surface area contributed by atoms with Crippen molar-refractivity contribution in [2.45, 2.75) is 12.5 Å². The Labute approximate surface area is 83.9 Å². The maximum Gasteiger partial charge on any atom is 0.127 e. The molecule has 3 heteroatoms. The molecule has 0 bridgehead atoms. The van der Waals surface area contributed by atoms with Crippen molar-refractivity contribution in [3.63, 3.8) is 0 Å². The third kappa shape index (κ3) is 3.17. The lowest BCUT2D eigenvalue weighted by Gasteiger charge is -2.09. The van der Waals surface area contributed by atoms with E-state index in [4.69, 9.17) is 5.73 Å². The van der Waals surface area contributed by atoms with E-state index in [2.05, 4.69) is 6.58 Å². The molecule has 13 heavy (non-hydrogen) atoms. The molecule has 0 saturated heterocycles. The Hall–Kier alpha value is -0.860. The number of hydrogen-bond donors (Lipinski definition) is 1. The molecule has 0 spiro atoms. The third-order valence-electron chi connectivity index (χ3n) is 1.73. The topological polar surface area (TPSA) is 26.0 Å². The smallest absolute Gasteiger partial charge is 0.127 e. The zero-order valence-corrected chi connectivity index (χ0v) is 8.06. The molecule has 0 aliphatic carbocycles. The van der Waals surface area contributed by atoms with Crippen molar-refractivity contribution in [3.05, 3.63) is 48.3 Å². The second kappa shape index (κ2) is 5.73. The van der Waals surface area contributed by atoms with Gasteiger partial charge < -0.3 is 5.73 Å². The molecule has 0 fully saturated rings. The number of benzene rings is 1. The molecule has 0 saturated carbocycles. The molecule has 1 aromatic rings. The summed E-state index contributed by atoms with van der Waals surface area (Å²) >= 11 is 0. The SMILES string of the molecule is C=CC[C@H](N)c1ccccc1F.Cl. The van der Waals surface area contributed by atoms with Crippen LogP contribution in [0.25, 0.3) is 0 Å². The highest BCUT2D eigenvalue weighted by Gasteiger charge is 2.07. The minimum atomic E-state index is -0.274. The van der Waals surface area contributed by atoms with Gasteiger partial charge in [-0.15, -0.1) is 19.0 Å². The minimum Gasteiger partial charge on any atom is -0.324 e. The Morgan fingerprint density at radius 2 is 2.08 bits per heavy atom. The second-order valence-electron chi connectivity index (χ2n) is 2.65. The van der Waals surface area contributed by atoms with Crippen molar-refractivity contribution in [1.82, 2.24) is 0 Å². The first-order valence-corrected chi connectivity index (χ1v) is 3.86. The van der Waals surface area contributed by atoms with Crippen LogP contribution in [0.2, 0.25) is 0 Å². The average molecular weight is 202 g/mol. The molecule has 72 valence electrons. The van der Waals surface area contributed by atoms with E-state index in [0.29, 0.717) is 12.0 Å². The molecule has 0 amide bonds. The molecule has 1 rings (SSSR count). The van der Waals surface area contributed by atoms with Gasteiger partial charge in [-0.25, -0.2) is 4.39 Å². The fraction of sp³-hybridized carbons (Fsp3) is 0.200. The van der Waals surface area contributed by atoms with E-state index in [-0.39, 0.29) is 24.3 Å². The quantitative estimate of drug-likeness (QED) is 0.748. The maximum absolute atomic E-state index is 13.0. The number of nitrogens with two attached hydrogens (primary N) is 1. The zero-order valence-electron chi connectivity index (χ0n) is 7.24. The van der Waals surface area contributed by atoms with Crippen molar-refractivity contribution in [1.29, 1.82) is 0 Å². The van der Waals surface area contributed by atoms with Crippen LogP contribution in [-0.4, -0.2) is 0 Å². The van der Waals surface area contributed by atoms with Crippen molar-refractivity contribution in [2.24, 2.45) is 5.73 Å². The first-order valence-electron chi connectivity index (χ1n) is 3.86. The molecule has 0 radical (unpaired) electrons. The van der Waals surface area contributed by atoms with Gasteiger partial charge >= 0.3 is 0 Å². The summed E-state index contributed by atoms with van der Waals surface area (Å²) < 4.78 is 13.0. The van der Waals surface area contributed by atoms with Gasteiger partial charge in [-0.1, -0.05) is 24.3 Å². The predicted octanol–water partition coefficient (Wildman–Crippen LogP) is 2.82. The van der Waals surface area contributed by atoms with Crippen LogP contribution in [-0.2, 0) is 0 Å². The van der Waals surface area contributed by atoms with E-state index < -0.39 is 0 Å². The highest BCUT2D eigenvalue weighted by atomic mass is 35.5. The van der Waals surface area contributed by atoms with Crippen LogP contribution in [0.5, 0.6) is 0 Å². The van der Waals surface area contributed by atoms with Gasteiger partial charge in [0.15, 0.2) is 0 Å². The third-order valence-corrected chi connectivity index (χ3v) is 1.73. The summed E-state index contributed by atoms with van der Waals surface area (Å²) in [5.41, 5.74) is 6.25. The lowest BCUT2D eigenvalue weighted by Crippen LogP contribution is -2.10. The average Bonchev–Trinajstić information content (AvgIpc) is 2.05. The first-order chi connectivity index (χ1) is 5.75. The summed E-state index contributed by atoms with van der Waals surface area (Å²) in [5, 5.41) is 0. The molecule has 1 aromatic carbocycles. The molecule has 0 aliphatic heterocycles. The molecule has 0 heterocycles. The van der Waals surface area contributed by atoms with Gasteiger partial charge in [0.05, 0.1) is 0 Å². The molecular formula is C10H13ClFN. The van der Waals surface area contributed by atoms with Crippen LogP contribution < -0.4 is 5.73 Å². The molecular weight excluding hydrogens is 189 g/mol. The van der Waals surface area contributed by atoms with Gasteiger partial charge in [0.25, 0.3) is 0 Å². The van der Waals surface area contributed by atoms with Crippen LogP contribution in [0.15, 0.2) is 36.9 Å². The van der Waals surface area contributed by atoms with Crippen molar-refractivity contribution >= 4 is 12.4 Å². The molecule has 0 aromatic heterocycles. The zero-order chi connectivity index (χ0) is 8.97. The van der Waals surface area contributed by atoms with E-state index in [1.165, 1.54) is 6.07 Å². The maximum atomic E-state index is 13.0. The standard InChI is InChI=1S/C10H12FN.ClH/c1-2-5-10(12)8-6-3-4-7-9(8)11;/h2-4,6-7,10H,1,5,12H2;1H/t10-;/m0./s1. The Bertz CT molecular complexity index is 275. The largest absolute Gasteiger partial charge is 0.324 e. The highest BCUT2D eigenvalue weighted by molar-refractivity contribution is 5.85. The Kier molecular flexibility index (Phi) is 5.35.